The third-order valence-electron chi connectivity index (χ3n) is 3.10. The van der Waals surface area contributed by atoms with Crippen molar-refractivity contribution >= 4 is 0 Å². The Bertz CT molecular complexity index is 396. The number of aromatic hydroxyl groups is 2. The van der Waals surface area contributed by atoms with Crippen molar-refractivity contribution < 1.29 is 14.9 Å². The molecule has 1 atom stereocenters. The third-order valence-corrected chi connectivity index (χ3v) is 3.10. The lowest BCUT2D eigenvalue weighted by atomic mass is 10.1. The van der Waals surface area contributed by atoms with Gasteiger partial charge < -0.3 is 20.3 Å². The maximum absolute atomic E-state index is 9.46. The molecule has 100 valence electrons. The molecule has 18 heavy (non-hydrogen) atoms. The quantitative estimate of drug-likeness (QED) is 0.682. The van der Waals surface area contributed by atoms with Gasteiger partial charge in [0.25, 0.3) is 0 Å². The standard InChI is InChI=1S/C13H20N2O3/c1-14-7-11-9-15(4-5-18-11)8-10-2-3-12(16)13(17)6-10/h2-3,6,11,14,16-17H,4-5,7-9H2,1H3. The molecule has 0 radical (unpaired) electrons. The number of benzene rings is 1. The second-order valence-corrected chi connectivity index (χ2v) is 4.61. The monoisotopic (exact) mass is 252 g/mol. The summed E-state index contributed by atoms with van der Waals surface area (Å²) >= 11 is 0. The molecule has 1 aromatic carbocycles. The van der Waals surface area contributed by atoms with E-state index in [1.54, 1.807) is 6.07 Å². The van der Waals surface area contributed by atoms with E-state index in [1.165, 1.54) is 6.07 Å². The van der Waals surface area contributed by atoms with Crippen LogP contribution in [0.2, 0.25) is 0 Å². The molecular formula is C13H20N2O3. The van der Waals surface area contributed by atoms with E-state index in [0.717, 1.165) is 38.3 Å². The number of ether oxygens (including phenoxy) is 1. The molecule has 5 heteroatoms. The second kappa shape index (κ2) is 6.04. The van der Waals surface area contributed by atoms with E-state index >= 15 is 0 Å². The van der Waals surface area contributed by atoms with Crippen LogP contribution in [0.3, 0.4) is 0 Å². The molecular weight excluding hydrogens is 232 g/mol. The van der Waals surface area contributed by atoms with Gasteiger partial charge in [-0.15, -0.1) is 0 Å². The molecule has 2 rings (SSSR count). The summed E-state index contributed by atoms with van der Waals surface area (Å²) in [4.78, 5) is 2.29. The zero-order valence-corrected chi connectivity index (χ0v) is 10.6. The van der Waals surface area contributed by atoms with Gasteiger partial charge >= 0.3 is 0 Å². The first-order valence-corrected chi connectivity index (χ1v) is 6.18. The van der Waals surface area contributed by atoms with Crippen molar-refractivity contribution in [3.63, 3.8) is 0 Å². The minimum absolute atomic E-state index is 0.0625. The zero-order chi connectivity index (χ0) is 13.0. The fourth-order valence-corrected chi connectivity index (χ4v) is 2.20. The highest BCUT2D eigenvalue weighted by Crippen LogP contribution is 2.25. The van der Waals surface area contributed by atoms with E-state index in [-0.39, 0.29) is 17.6 Å². The second-order valence-electron chi connectivity index (χ2n) is 4.61. The van der Waals surface area contributed by atoms with Crippen molar-refractivity contribution in [3.8, 4) is 11.5 Å². The van der Waals surface area contributed by atoms with Crippen molar-refractivity contribution in [2.45, 2.75) is 12.6 Å². The van der Waals surface area contributed by atoms with Crippen molar-refractivity contribution in [1.82, 2.24) is 10.2 Å². The summed E-state index contributed by atoms with van der Waals surface area (Å²) in [5.74, 6) is -0.138. The van der Waals surface area contributed by atoms with Crippen LogP contribution in [0.15, 0.2) is 18.2 Å². The molecule has 0 saturated carbocycles. The van der Waals surface area contributed by atoms with Gasteiger partial charge in [0.1, 0.15) is 0 Å². The van der Waals surface area contributed by atoms with Crippen LogP contribution in [0.25, 0.3) is 0 Å². The van der Waals surface area contributed by atoms with E-state index in [2.05, 4.69) is 10.2 Å². The van der Waals surface area contributed by atoms with Crippen LogP contribution in [0.4, 0.5) is 0 Å². The lowest BCUT2D eigenvalue weighted by Crippen LogP contribution is -2.45. The summed E-state index contributed by atoms with van der Waals surface area (Å²) in [5, 5.41) is 21.8. The molecule has 5 nitrogen and oxygen atoms in total. The lowest BCUT2D eigenvalue weighted by molar-refractivity contribution is -0.0291. The van der Waals surface area contributed by atoms with E-state index in [4.69, 9.17) is 4.74 Å². The predicted molar refractivity (Wildman–Crippen MR) is 68.7 cm³/mol. The van der Waals surface area contributed by atoms with Crippen LogP contribution in [0, 0.1) is 0 Å². The van der Waals surface area contributed by atoms with Crippen LogP contribution in [0.5, 0.6) is 11.5 Å². The SMILES string of the molecule is CNCC1CN(Cc2ccc(O)c(O)c2)CCO1. The molecule has 3 N–H and O–H groups in total. The molecule has 0 amide bonds. The number of nitrogens with one attached hydrogen (secondary N) is 1. The Hall–Kier alpha value is -1.30. The first kappa shape index (κ1) is 13.1. The van der Waals surface area contributed by atoms with Gasteiger partial charge in [-0.3, -0.25) is 4.90 Å². The molecule has 1 fully saturated rings. The van der Waals surface area contributed by atoms with Gasteiger partial charge in [0, 0.05) is 26.2 Å². The Balaban J connectivity index is 1.93. The Morgan fingerprint density at radius 1 is 1.39 bits per heavy atom. The Kier molecular flexibility index (Phi) is 4.41. The molecule has 0 aromatic heterocycles. The summed E-state index contributed by atoms with van der Waals surface area (Å²) in [6, 6.07) is 4.96. The summed E-state index contributed by atoms with van der Waals surface area (Å²) in [5.41, 5.74) is 0.996. The molecule has 1 unspecified atom stereocenters. The van der Waals surface area contributed by atoms with Crippen molar-refractivity contribution in [2.75, 3.05) is 33.3 Å². The Morgan fingerprint density at radius 3 is 2.94 bits per heavy atom. The summed E-state index contributed by atoms with van der Waals surface area (Å²) in [6.07, 6.45) is 0.217. The maximum Gasteiger partial charge on any atom is 0.157 e. The normalized spacial score (nSPS) is 21.1. The fourth-order valence-electron chi connectivity index (χ4n) is 2.20. The smallest absolute Gasteiger partial charge is 0.157 e. The lowest BCUT2D eigenvalue weighted by Gasteiger charge is -2.32. The Labute approximate surface area is 107 Å². The van der Waals surface area contributed by atoms with Crippen LogP contribution in [-0.2, 0) is 11.3 Å². The van der Waals surface area contributed by atoms with Crippen molar-refractivity contribution in [3.05, 3.63) is 23.8 Å². The maximum atomic E-state index is 9.46. The van der Waals surface area contributed by atoms with Crippen LogP contribution >= 0.6 is 0 Å². The van der Waals surface area contributed by atoms with Crippen LogP contribution in [0.1, 0.15) is 5.56 Å². The number of phenolic OH excluding ortho intramolecular Hbond substituents is 2. The number of phenols is 2. The van der Waals surface area contributed by atoms with E-state index < -0.39 is 0 Å². The number of rotatable bonds is 4. The predicted octanol–water partition coefficient (Wildman–Crippen LogP) is 0.518. The first-order chi connectivity index (χ1) is 8.69. The molecule has 0 spiro atoms. The highest BCUT2D eigenvalue weighted by molar-refractivity contribution is 5.40. The summed E-state index contributed by atoms with van der Waals surface area (Å²) < 4.78 is 5.64. The van der Waals surface area contributed by atoms with Gasteiger partial charge in [-0.1, -0.05) is 6.07 Å². The van der Waals surface area contributed by atoms with Gasteiger partial charge in [0.15, 0.2) is 11.5 Å². The van der Waals surface area contributed by atoms with E-state index in [9.17, 15) is 10.2 Å². The molecule has 1 saturated heterocycles. The molecule has 1 heterocycles. The molecule has 1 aromatic rings. The average Bonchev–Trinajstić information content (AvgIpc) is 2.35. The summed E-state index contributed by atoms with van der Waals surface area (Å²) in [6.45, 7) is 4.11. The van der Waals surface area contributed by atoms with E-state index in [0.29, 0.717) is 0 Å². The molecule has 0 bridgehead atoms. The number of hydrogen-bond donors (Lipinski definition) is 3. The van der Waals surface area contributed by atoms with Gasteiger partial charge in [0.05, 0.1) is 12.7 Å². The summed E-state index contributed by atoms with van der Waals surface area (Å²) in [7, 11) is 1.92. The zero-order valence-electron chi connectivity index (χ0n) is 10.6. The van der Waals surface area contributed by atoms with Gasteiger partial charge in [-0.2, -0.15) is 0 Å². The van der Waals surface area contributed by atoms with Crippen molar-refractivity contribution in [2.24, 2.45) is 0 Å². The number of hydrogen-bond acceptors (Lipinski definition) is 5. The van der Waals surface area contributed by atoms with Gasteiger partial charge in [-0.25, -0.2) is 0 Å². The van der Waals surface area contributed by atoms with Crippen molar-refractivity contribution in [1.29, 1.82) is 0 Å². The van der Waals surface area contributed by atoms with Gasteiger partial charge in [0.2, 0.25) is 0 Å². The number of morpholine rings is 1. The fraction of sp³-hybridized carbons (Fsp3) is 0.538. The minimum Gasteiger partial charge on any atom is -0.504 e. The molecule has 1 aliphatic rings. The average molecular weight is 252 g/mol. The van der Waals surface area contributed by atoms with Gasteiger partial charge in [-0.05, 0) is 24.7 Å². The molecule has 0 aliphatic carbocycles. The highest BCUT2D eigenvalue weighted by atomic mass is 16.5. The third kappa shape index (κ3) is 3.35. The van der Waals surface area contributed by atoms with E-state index in [1.807, 2.05) is 13.1 Å². The topological polar surface area (TPSA) is 65.0 Å². The number of nitrogens with zero attached hydrogens (tertiary/aromatic N) is 1. The first-order valence-electron chi connectivity index (χ1n) is 6.18. The highest BCUT2D eigenvalue weighted by Gasteiger charge is 2.19. The largest absolute Gasteiger partial charge is 0.504 e. The van der Waals surface area contributed by atoms with Crippen LogP contribution in [-0.4, -0.2) is 54.5 Å². The minimum atomic E-state index is -0.0752. The number of likely N-dealkylation sites (N-methyl/N-ethyl adjacent to an activating group) is 1. The van der Waals surface area contributed by atoms with Crippen LogP contribution < -0.4 is 5.32 Å². The molecule has 1 aliphatic heterocycles. The Morgan fingerprint density at radius 2 is 2.22 bits per heavy atom.